The predicted octanol–water partition coefficient (Wildman–Crippen LogP) is 4.18. The summed E-state index contributed by atoms with van der Waals surface area (Å²) in [5.41, 5.74) is 2.69. The first kappa shape index (κ1) is 15.5. The van der Waals surface area contributed by atoms with Gasteiger partial charge in [0.15, 0.2) is 0 Å². The Balaban J connectivity index is 3.02. The molecule has 0 aliphatic carbocycles. The van der Waals surface area contributed by atoms with Crippen LogP contribution in [-0.4, -0.2) is 18.6 Å². The minimum Gasteiger partial charge on any atom is -0.369 e. The van der Waals surface area contributed by atoms with Crippen molar-refractivity contribution in [3.05, 3.63) is 28.2 Å². The first-order chi connectivity index (χ1) is 8.45. The van der Waals surface area contributed by atoms with Crippen LogP contribution in [0, 0.1) is 0 Å². The van der Waals surface area contributed by atoms with Crippen molar-refractivity contribution in [3.63, 3.8) is 0 Å². The maximum Gasteiger partial charge on any atom is 0.0425 e. The molecule has 0 amide bonds. The van der Waals surface area contributed by atoms with Gasteiger partial charge in [-0.25, -0.2) is 0 Å². The Morgan fingerprint density at radius 3 is 2.39 bits per heavy atom. The summed E-state index contributed by atoms with van der Waals surface area (Å²) in [6.07, 6.45) is 0. The fourth-order valence-electron chi connectivity index (χ4n) is 2.08. The topological polar surface area (TPSA) is 15.3 Å². The zero-order chi connectivity index (χ0) is 13.7. The summed E-state index contributed by atoms with van der Waals surface area (Å²) in [4.78, 5) is 2.43. The lowest BCUT2D eigenvalue weighted by Crippen LogP contribution is -2.32. The van der Waals surface area contributed by atoms with Crippen LogP contribution in [0.1, 0.15) is 40.2 Å². The number of rotatable bonds is 6. The van der Waals surface area contributed by atoms with Gasteiger partial charge >= 0.3 is 0 Å². The van der Waals surface area contributed by atoms with E-state index >= 15 is 0 Å². The van der Waals surface area contributed by atoms with Crippen LogP contribution in [0.25, 0.3) is 0 Å². The molecule has 0 radical (unpaired) electrons. The standard InChI is InChI=1S/C15H25BrN2/c1-6-18(12(4)5)15-9-14(16)8-7-13(15)10-17-11(2)3/h7-9,11-12,17H,6,10H2,1-5H3. The zero-order valence-corrected chi connectivity index (χ0v) is 13.7. The normalized spacial score (nSPS) is 11.3. The largest absolute Gasteiger partial charge is 0.369 e. The molecule has 2 nitrogen and oxygen atoms in total. The number of halogens is 1. The van der Waals surface area contributed by atoms with Crippen molar-refractivity contribution in [2.45, 2.75) is 53.2 Å². The van der Waals surface area contributed by atoms with Crippen LogP contribution < -0.4 is 10.2 Å². The van der Waals surface area contributed by atoms with E-state index in [1.54, 1.807) is 0 Å². The lowest BCUT2D eigenvalue weighted by atomic mass is 10.1. The highest BCUT2D eigenvalue weighted by Crippen LogP contribution is 2.26. The molecule has 1 rings (SSSR count). The summed E-state index contributed by atoms with van der Waals surface area (Å²) in [5.74, 6) is 0. The number of anilines is 1. The molecule has 0 bridgehead atoms. The molecule has 1 aromatic carbocycles. The van der Waals surface area contributed by atoms with Crippen LogP contribution in [0.2, 0.25) is 0 Å². The van der Waals surface area contributed by atoms with Crippen LogP contribution >= 0.6 is 15.9 Å². The Kier molecular flexibility index (Phi) is 6.16. The molecule has 0 fully saturated rings. The van der Waals surface area contributed by atoms with Gasteiger partial charge in [0.2, 0.25) is 0 Å². The van der Waals surface area contributed by atoms with Crippen molar-refractivity contribution in [2.24, 2.45) is 0 Å². The molecule has 0 saturated heterocycles. The van der Waals surface area contributed by atoms with Gasteiger partial charge in [-0.15, -0.1) is 0 Å². The molecule has 0 unspecified atom stereocenters. The molecule has 0 aromatic heterocycles. The van der Waals surface area contributed by atoms with E-state index in [1.165, 1.54) is 11.3 Å². The Labute approximate surface area is 120 Å². The summed E-state index contributed by atoms with van der Waals surface area (Å²) in [7, 11) is 0. The van der Waals surface area contributed by atoms with E-state index in [4.69, 9.17) is 0 Å². The van der Waals surface area contributed by atoms with Crippen LogP contribution in [-0.2, 0) is 6.54 Å². The molecule has 3 heteroatoms. The van der Waals surface area contributed by atoms with Gasteiger partial charge in [0.25, 0.3) is 0 Å². The lowest BCUT2D eigenvalue weighted by molar-refractivity contribution is 0.586. The molecule has 0 saturated carbocycles. The Morgan fingerprint density at radius 1 is 1.22 bits per heavy atom. The van der Waals surface area contributed by atoms with E-state index in [1.807, 2.05) is 0 Å². The second kappa shape index (κ2) is 7.15. The second-order valence-corrected chi connectivity index (χ2v) is 6.10. The number of hydrogen-bond donors (Lipinski definition) is 1. The molecule has 0 aliphatic heterocycles. The van der Waals surface area contributed by atoms with E-state index in [0.29, 0.717) is 12.1 Å². The minimum atomic E-state index is 0.510. The van der Waals surface area contributed by atoms with E-state index < -0.39 is 0 Å². The SMILES string of the molecule is CCN(c1cc(Br)ccc1CNC(C)C)C(C)C. The second-order valence-electron chi connectivity index (χ2n) is 5.19. The third-order valence-corrected chi connectivity index (χ3v) is 3.51. The number of benzene rings is 1. The van der Waals surface area contributed by atoms with E-state index in [-0.39, 0.29) is 0 Å². The van der Waals surface area contributed by atoms with Crippen LogP contribution in [0.15, 0.2) is 22.7 Å². The third kappa shape index (κ3) is 4.29. The summed E-state index contributed by atoms with van der Waals surface area (Å²) in [5, 5.41) is 3.50. The van der Waals surface area contributed by atoms with Crippen molar-refractivity contribution in [3.8, 4) is 0 Å². The van der Waals surface area contributed by atoms with Gasteiger partial charge in [0, 0.05) is 35.3 Å². The molecule has 1 N–H and O–H groups in total. The fraction of sp³-hybridized carbons (Fsp3) is 0.600. The molecule has 18 heavy (non-hydrogen) atoms. The highest BCUT2D eigenvalue weighted by Gasteiger charge is 2.13. The molecular formula is C15H25BrN2. The predicted molar refractivity (Wildman–Crippen MR) is 84.3 cm³/mol. The van der Waals surface area contributed by atoms with Gasteiger partial charge in [-0.1, -0.05) is 35.8 Å². The summed E-state index contributed by atoms with van der Waals surface area (Å²) < 4.78 is 1.14. The smallest absolute Gasteiger partial charge is 0.0425 e. The minimum absolute atomic E-state index is 0.510. The first-order valence-corrected chi connectivity index (χ1v) is 7.53. The fourth-order valence-corrected chi connectivity index (χ4v) is 2.43. The zero-order valence-electron chi connectivity index (χ0n) is 12.1. The average molecular weight is 313 g/mol. The van der Waals surface area contributed by atoms with Crippen molar-refractivity contribution in [1.82, 2.24) is 5.32 Å². The monoisotopic (exact) mass is 312 g/mol. The van der Waals surface area contributed by atoms with E-state index in [2.05, 4.69) is 79.0 Å². The van der Waals surface area contributed by atoms with Gasteiger partial charge in [0.1, 0.15) is 0 Å². The Morgan fingerprint density at radius 2 is 1.89 bits per heavy atom. The van der Waals surface area contributed by atoms with Gasteiger partial charge < -0.3 is 10.2 Å². The highest BCUT2D eigenvalue weighted by molar-refractivity contribution is 9.10. The Bertz CT molecular complexity index is 375. The van der Waals surface area contributed by atoms with Gasteiger partial charge in [0.05, 0.1) is 0 Å². The summed E-state index contributed by atoms with van der Waals surface area (Å²) in [6, 6.07) is 7.58. The van der Waals surface area contributed by atoms with Crippen molar-refractivity contribution < 1.29 is 0 Å². The number of nitrogens with zero attached hydrogens (tertiary/aromatic N) is 1. The molecule has 0 spiro atoms. The van der Waals surface area contributed by atoms with E-state index in [0.717, 1.165) is 17.6 Å². The number of nitrogens with one attached hydrogen (secondary N) is 1. The van der Waals surface area contributed by atoms with Gasteiger partial charge in [-0.05, 0) is 38.5 Å². The number of hydrogen-bond acceptors (Lipinski definition) is 2. The van der Waals surface area contributed by atoms with Gasteiger partial charge in [-0.3, -0.25) is 0 Å². The molecule has 102 valence electrons. The molecule has 0 atom stereocenters. The maximum absolute atomic E-state index is 3.58. The molecule has 0 aliphatic rings. The maximum atomic E-state index is 3.58. The quantitative estimate of drug-likeness (QED) is 0.847. The molecule has 0 heterocycles. The summed E-state index contributed by atoms with van der Waals surface area (Å²) in [6.45, 7) is 13.0. The van der Waals surface area contributed by atoms with Crippen molar-refractivity contribution >= 4 is 21.6 Å². The molecular weight excluding hydrogens is 288 g/mol. The van der Waals surface area contributed by atoms with Crippen LogP contribution in [0.3, 0.4) is 0 Å². The van der Waals surface area contributed by atoms with Gasteiger partial charge in [-0.2, -0.15) is 0 Å². The highest BCUT2D eigenvalue weighted by atomic mass is 79.9. The van der Waals surface area contributed by atoms with Crippen molar-refractivity contribution in [2.75, 3.05) is 11.4 Å². The van der Waals surface area contributed by atoms with E-state index in [9.17, 15) is 0 Å². The van der Waals surface area contributed by atoms with Crippen LogP contribution in [0.4, 0.5) is 5.69 Å². The summed E-state index contributed by atoms with van der Waals surface area (Å²) >= 11 is 3.58. The average Bonchev–Trinajstić information content (AvgIpc) is 2.28. The molecule has 1 aromatic rings. The third-order valence-electron chi connectivity index (χ3n) is 3.02. The first-order valence-electron chi connectivity index (χ1n) is 6.74. The van der Waals surface area contributed by atoms with Crippen LogP contribution in [0.5, 0.6) is 0 Å². The lowest BCUT2D eigenvalue weighted by Gasteiger charge is -2.30. The Hall–Kier alpha value is -0.540. The van der Waals surface area contributed by atoms with Crippen molar-refractivity contribution in [1.29, 1.82) is 0 Å².